The third-order valence-corrected chi connectivity index (χ3v) is 4.27. The number of hydrogen-bond donors (Lipinski definition) is 1. The van der Waals surface area contributed by atoms with Crippen LogP contribution in [0.1, 0.15) is 23.2 Å². The van der Waals surface area contributed by atoms with Crippen molar-refractivity contribution in [2.75, 3.05) is 25.6 Å². The van der Waals surface area contributed by atoms with Gasteiger partial charge in [-0.3, -0.25) is 4.79 Å². The third kappa shape index (κ3) is 4.11. The molecule has 2 aromatic carbocycles. The van der Waals surface area contributed by atoms with Crippen LogP contribution in [0.4, 0.5) is 5.69 Å². The monoisotopic (exact) mass is 310 g/mol. The molecule has 1 saturated heterocycles. The van der Waals surface area contributed by atoms with Crippen molar-refractivity contribution in [1.29, 1.82) is 0 Å². The Morgan fingerprint density at radius 3 is 2.57 bits per heavy atom. The second kappa shape index (κ2) is 7.29. The van der Waals surface area contributed by atoms with E-state index in [1.807, 2.05) is 54.6 Å². The maximum atomic E-state index is 12.6. The maximum absolute atomic E-state index is 12.6. The molecule has 0 aromatic heterocycles. The number of piperidine rings is 1. The molecule has 0 atom stereocenters. The molecule has 1 aliphatic heterocycles. The molecule has 0 spiro atoms. The van der Waals surface area contributed by atoms with Crippen LogP contribution in [0, 0.1) is 5.92 Å². The van der Waals surface area contributed by atoms with Crippen molar-refractivity contribution in [1.82, 2.24) is 4.90 Å². The summed E-state index contributed by atoms with van der Waals surface area (Å²) in [6.07, 6.45) is 1.88. The highest BCUT2D eigenvalue weighted by molar-refractivity contribution is 5.98. The molecule has 2 aromatic rings. The Balaban J connectivity index is 1.64. The highest BCUT2D eigenvalue weighted by Gasteiger charge is 2.24. The first-order valence-corrected chi connectivity index (χ1v) is 8.03. The van der Waals surface area contributed by atoms with E-state index in [9.17, 15) is 4.79 Å². The topological polar surface area (TPSA) is 41.6 Å². The molecule has 1 N–H and O–H groups in total. The van der Waals surface area contributed by atoms with Crippen LogP contribution in [-0.2, 0) is 0 Å². The molecule has 0 amide bonds. The molecule has 0 unspecified atom stereocenters. The number of rotatable bonds is 5. The lowest BCUT2D eigenvalue weighted by atomic mass is 9.89. The minimum atomic E-state index is 0.136. The lowest BCUT2D eigenvalue weighted by Gasteiger charge is -2.28. The van der Waals surface area contributed by atoms with E-state index < -0.39 is 0 Å². The van der Waals surface area contributed by atoms with Gasteiger partial charge in [0, 0.05) is 11.5 Å². The van der Waals surface area contributed by atoms with Crippen LogP contribution in [0.5, 0.6) is 5.75 Å². The minimum Gasteiger partial charge on any atom is -0.382 e. The Bertz CT molecular complexity index is 649. The van der Waals surface area contributed by atoms with E-state index in [0.717, 1.165) is 42.9 Å². The van der Waals surface area contributed by atoms with Gasteiger partial charge in [0.15, 0.2) is 11.5 Å². The average Bonchev–Trinajstić information content (AvgIpc) is 2.61. The Labute approximate surface area is 137 Å². The second-order valence-electron chi connectivity index (χ2n) is 6.04. The summed E-state index contributed by atoms with van der Waals surface area (Å²) in [6, 6.07) is 17.0. The van der Waals surface area contributed by atoms with E-state index in [2.05, 4.69) is 17.4 Å². The lowest BCUT2D eigenvalue weighted by molar-refractivity contribution is 0.0857. The summed E-state index contributed by atoms with van der Waals surface area (Å²) in [5.74, 6) is 1.11. The van der Waals surface area contributed by atoms with Crippen molar-refractivity contribution in [2.45, 2.75) is 12.8 Å². The van der Waals surface area contributed by atoms with Gasteiger partial charge in [0.25, 0.3) is 0 Å². The smallest absolute Gasteiger partial charge is 0.166 e. The number of nitrogens with zero attached hydrogens (tertiary/aromatic N) is 1. The molecule has 1 fully saturated rings. The summed E-state index contributed by atoms with van der Waals surface area (Å²) < 4.78 is 0. The van der Waals surface area contributed by atoms with Gasteiger partial charge in [-0.1, -0.05) is 30.3 Å². The molecule has 0 radical (unpaired) electrons. The highest BCUT2D eigenvalue weighted by atomic mass is 16.6. The fourth-order valence-corrected chi connectivity index (χ4v) is 2.85. The van der Waals surface area contributed by atoms with Crippen molar-refractivity contribution >= 4 is 11.5 Å². The first kappa shape index (κ1) is 15.6. The van der Waals surface area contributed by atoms with Crippen LogP contribution in [0.15, 0.2) is 54.6 Å². The SMILES string of the molecule is CN1CCC(C(=O)c2cccc(NOc3ccccc3)c2)CC1. The number of Topliss-reactive ketones (excluding diaryl/α,β-unsaturated/α-hetero) is 1. The minimum absolute atomic E-state index is 0.136. The first-order valence-electron chi connectivity index (χ1n) is 8.03. The molecule has 4 heteroatoms. The van der Waals surface area contributed by atoms with Gasteiger partial charge in [0.2, 0.25) is 0 Å². The fraction of sp³-hybridized carbons (Fsp3) is 0.316. The summed E-state index contributed by atoms with van der Waals surface area (Å²) in [5.41, 5.74) is 4.44. The zero-order valence-corrected chi connectivity index (χ0v) is 13.4. The van der Waals surface area contributed by atoms with Gasteiger partial charge in [-0.15, -0.1) is 0 Å². The van der Waals surface area contributed by atoms with Gasteiger partial charge < -0.3 is 9.74 Å². The quantitative estimate of drug-likeness (QED) is 0.676. The Morgan fingerprint density at radius 2 is 1.83 bits per heavy atom. The van der Waals surface area contributed by atoms with Crippen LogP contribution in [0.3, 0.4) is 0 Å². The molecule has 4 nitrogen and oxygen atoms in total. The molecule has 1 aliphatic rings. The van der Waals surface area contributed by atoms with Gasteiger partial charge in [0.1, 0.15) is 0 Å². The largest absolute Gasteiger partial charge is 0.382 e. The summed E-state index contributed by atoms with van der Waals surface area (Å²) >= 11 is 0. The number of nitrogens with one attached hydrogen (secondary N) is 1. The predicted octanol–water partition coefficient (Wildman–Crippen LogP) is 3.62. The van der Waals surface area contributed by atoms with Crippen molar-refractivity contribution in [3.05, 3.63) is 60.2 Å². The molecular weight excluding hydrogens is 288 g/mol. The molecule has 0 aliphatic carbocycles. The number of anilines is 1. The third-order valence-electron chi connectivity index (χ3n) is 4.27. The number of carbonyl (C=O) groups excluding carboxylic acids is 1. The number of ketones is 1. The molecule has 0 bridgehead atoms. The van der Waals surface area contributed by atoms with Crippen molar-refractivity contribution in [2.24, 2.45) is 5.92 Å². The molecule has 3 rings (SSSR count). The Kier molecular flexibility index (Phi) is 4.93. The van der Waals surface area contributed by atoms with E-state index in [4.69, 9.17) is 4.84 Å². The van der Waals surface area contributed by atoms with Gasteiger partial charge >= 0.3 is 0 Å². The van der Waals surface area contributed by atoms with Gasteiger partial charge in [-0.05, 0) is 57.2 Å². The van der Waals surface area contributed by atoms with E-state index in [1.165, 1.54) is 0 Å². The lowest BCUT2D eigenvalue weighted by Crippen LogP contribution is -2.33. The van der Waals surface area contributed by atoms with E-state index >= 15 is 0 Å². The zero-order valence-electron chi connectivity index (χ0n) is 13.4. The highest BCUT2D eigenvalue weighted by Crippen LogP contribution is 2.22. The summed E-state index contributed by atoms with van der Waals surface area (Å²) in [5, 5.41) is 0. The van der Waals surface area contributed by atoms with Crippen LogP contribution >= 0.6 is 0 Å². The molecule has 120 valence electrons. The van der Waals surface area contributed by atoms with Gasteiger partial charge in [-0.2, -0.15) is 0 Å². The number of likely N-dealkylation sites (tertiary alicyclic amines) is 1. The van der Waals surface area contributed by atoms with Crippen LogP contribution in [-0.4, -0.2) is 30.8 Å². The van der Waals surface area contributed by atoms with Gasteiger partial charge in [0.05, 0.1) is 5.69 Å². The predicted molar refractivity (Wildman–Crippen MR) is 91.7 cm³/mol. The number of hydrogen-bond acceptors (Lipinski definition) is 4. The number of carbonyl (C=O) groups is 1. The summed E-state index contributed by atoms with van der Waals surface area (Å²) in [4.78, 5) is 20.4. The fourth-order valence-electron chi connectivity index (χ4n) is 2.85. The Morgan fingerprint density at radius 1 is 1.09 bits per heavy atom. The normalized spacial score (nSPS) is 16.0. The number of benzene rings is 2. The van der Waals surface area contributed by atoms with Crippen LogP contribution in [0.25, 0.3) is 0 Å². The van der Waals surface area contributed by atoms with Crippen LogP contribution in [0.2, 0.25) is 0 Å². The second-order valence-corrected chi connectivity index (χ2v) is 6.04. The van der Waals surface area contributed by atoms with Crippen molar-refractivity contribution in [3.63, 3.8) is 0 Å². The average molecular weight is 310 g/mol. The molecule has 1 heterocycles. The van der Waals surface area contributed by atoms with E-state index in [0.29, 0.717) is 0 Å². The maximum Gasteiger partial charge on any atom is 0.166 e. The van der Waals surface area contributed by atoms with Crippen molar-refractivity contribution < 1.29 is 9.63 Å². The summed E-state index contributed by atoms with van der Waals surface area (Å²) in [6.45, 7) is 1.98. The standard InChI is InChI=1S/C19H22N2O2/c1-21-12-10-15(11-13-21)19(22)16-6-5-7-17(14-16)20-23-18-8-3-2-4-9-18/h2-9,14-15,20H,10-13H2,1H3. The summed E-state index contributed by atoms with van der Waals surface area (Å²) in [7, 11) is 2.10. The number of para-hydroxylation sites is 1. The molecule has 0 saturated carbocycles. The van der Waals surface area contributed by atoms with E-state index in [-0.39, 0.29) is 11.7 Å². The molecular formula is C19H22N2O2. The van der Waals surface area contributed by atoms with Crippen LogP contribution < -0.4 is 10.3 Å². The van der Waals surface area contributed by atoms with Gasteiger partial charge in [-0.25, -0.2) is 5.48 Å². The zero-order chi connectivity index (χ0) is 16.1. The first-order chi connectivity index (χ1) is 11.2. The van der Waals surface area contributed by atoms with Crippen molar-refractivity contribution in [3.8, 4) is 5.75 Å². The Hall–Kier alpha value is -2.33. The molecule has 23 heavy (non-hydrogen) atoms. The van der Waals surface area contributed by atoms with E-state index in [1.54, 1.807) is 0 Å².